The fourth-order valence-electron chi connectivity index (χ4n) is 3.27. The second kappa shape index (κ2) is 4.82. The molecule has 1 aliphatic carbocycles. The van der Waals surface area contributed by atoms with E-state index in [-0.39, 0.29) is 0 Å². The Labute approximate surface area is 111 Å². The van der Waals surface area contributed by atoms with Crippen molar-refractivity contribution in [3.05, 3.63) is 41.8 Å². The SMILES string of the molecule is FC(F)(F)c1ccc(CN2C[C@H]3CC[CH][C@H]3C2)cc1. The topological polar surface area (TPSA) is 3.24 Å². The lowest BCUT2D eigenvalue weighted by molar-refractivity contribution is -0.137. The first kappa shape index (κ1) is 13.0. The molecule has 0 spiro atoms. The van der Waals surface area contributed by atoms with Gasteiger partial charge in [-0.3, -0.25) is 4.90 Å². The monoisotopic (exact) mass is 268 g/mol. The highest BCUT2D eigenvalue weighted by Crippen LogP contribution is 2.37. The van der Waals surface area contributed by atoms with Crippen LogP contribution in [0.15, 0.2) is 24.3 Å². The van der Waals surface area contributed by atoms with Gasteiger partial charge in [0.15, 0.2) is 0 Å². The molecular formula is C15H17F3N. The van der Waals surface area contributed by atoms with Crippen LogP contribution in [0, 0.1) is 18.3 Å². The minimum Gasteiger partial charge on any atom is -0.299 e. The van der Waals surface area contributed by atoms with Gasteiger partial charge in [0.05, 0.1) is 5.56 Å². The number of rotatable bonds is 2. The van der Waals surface area contributed by atoms with E-state index in [2.05, 4.69) is 11.3 Å². The quantitative estimate of drug-likeness (QED) is 0.789. The van der Waals surface area contributed by atoms with Crippen LogP contribution in [0.2, 0.25) is 0 Å². The second-order valence-electron chi connectivity index (χ2n) is 5.63. The minimum atomic E-state index is -4.24. The van der Waals surface area contributed by atoms with E-state index in [1.807, 2.05) is 0 Å². The van der Waals surface area contributed by atoms with Gasteiger partial charge in [-0.2, -0.15) is 13.2 Å². The number of benzene rings is 1. The number of halogens is 3. The molecule has 0 bridgehead atoms. The lowest BCUT2D eigenvalue weighted by atomic mass is 10.0. The molecule has 3 rings (SSSR count). The summed E-state index contributed by atoms with van der Waals surface area (Å²) in [5.41, 5.74) is 0.399. The summed E-state index contributed by atoms with van der Waals surface area (Å²) in [6.45, 7) is 2.91. The average Bonchev–Trinajstić information content (AvgIpc) is 2.89. The first-order chi connectivity index (χ1) is 9.02. The van der Waals surface area contributed by atoms with Gasteiger partial charge in [0, 0.05) is 19.6 Å². The van der Waals surface area contributed by atoms with Crippen LogP contribution in [0.5, 0.6) is 0 Å². The average molecular weight is 268 g/mol. The molecule has 0 amide bonds. The van der Waals surface area contributed by atoms with Gasteiger partial charge in [-0.15, -0.1) is 0 Å². The molecule has 1 saturated carbocycles. The van der Waals surface area contributed by atoms with E-state index >= 15 is 0 Å². The summed E-state index contributed by atoms with van der Waals surface area (Å²) < 4.78 is 37.4. The molecule has 103 valence electrons. The van der Waals surface area contributed by atoms with Crippen LogP contribution < -0.4 is 0 Å². The van der Waals surface area contributed by atoms with Gasteiger partial charge in [-0.1, -0.05) is 12.1 Å². The summed E-state index contributed by atoms with van der Waals surface area (Å²) in [6, 6.07) is 5.55. The predicted molar refractivity (Wildman–Crippen MR) is 67.2 cm³/mol. The third kappa shape index (κ3) is 2.78. The first-order valence-corrected chi connectivity index (χ1v) is 6.74. The Hall–Kier alpha value is -1.03. The zero-order valence-electron chi connectivity index (χ0n) is 10.7. The fraction of sp³-hybridized carbons (Fsp3) is 0.533. The normalized spacial score (nSPS) is 27.7. The highest BCUT2D eigenvalue weighted by Gasteiger charge is 2.36. The summed E-state index contributed by atoms with van der Waals surface area (Å²) in [4.78, 5) is 2.35. The highest BCUT2D eigenvalue weighted by atomic mass is 19.4. The third-order valence-corrected chi connectivity index (χ3v) is 4.26. The number of hydrogen-bond donors (Lipinski definition) is 0. The van der Waals surface area contributed by atoms with Gasteiger partial charge >= 0.3 is 6.18 Å². The van der Waals surface area contributed by atoms with Crippen LogP contribution >= 0.6 is 0 Å². The summed E-state index contributed by atoms with van der Waals surface area (Å²) >= 11 is 0. The lowest BCUT2D eigenvalue weighted by Gasteiger charge is -2.17. The summed E-state index contributed by atoms with van der Waals surface area (Å²) in [6.07, 6.45) is 0.660. The van der Waals surface area contributed by atoms with Crippen molar-refractivity contribution in [1.29, 1.82) is 0 Å². The molecule has 2 atom stereocenters. The summed E-state index contributed by atoms with van der Waals surface area (Å²) in [5.74, 6) is 1.48. The van der Waals surface area contributed by atoms with E-state index in [9.17, 15) is 13.2 Å². The Bertz CT molecular complexity index is 426. The van der Waals surface area contributed by atoms with Gasteiger partial charge in [-0.25, -0.2) is 0 Å². The van der Waals surface area contributed by atoms with Crippen molar-refractivity contribution in [1.82, 2.24) is 4.90 Å². The molecule has 0 unspecified atom stereocenters. The second-order valence-corrected chi connectivity index (χ2v) is 5.63. The zero-order chi connectivity index (χ0) is 13.5. The summed E-state index contributed by atoms with van der Waals surface area (Å²) in [5, 5.41) is 0. The number of alkyl halides is 3. The van der Waals surface area contributed by atoms with E-state index in [1.165, 1.54) is 25.0 Å². The van der Waals surface area contributed by atoms with Gasteiger partial charge in [0.25, 0.3) is 0 Å². The number of fused-ring (bicyclic) bond motifs is 1. The van der Waals surface area contributed by atoms with Crippen molar-refractivity contribution in [2.24, 2.45) is 11.8 Å². The molecule has 1 aromatic carbocycles. The predicted octanol–water partition coefficient (Wildman–Crippen LogP) is 3.75. The molecule has 2 aliphatic rings. The molecule has 0 N–H and O–H groups in total. The zero-order valence-corrected chi connectivity index (χ0v) is 10.7. The van der Waals surface area contributed by atoms with Gasteiger partial charge < -0.3 is 0 Å². The van der Waals surface area contributed by atoms with Crippen molar-refractivity contribution < 1.29 is 13.2 Å². The van der Waals surface area contributed by atoms with Gasteiger partial charge in [0.1, 0.15) is 0 Å². The van der Waals surface area contributed by atoms with Gasteiger partial charge in [-0.05, 0) is 48.8 Å². The maximum atomic E-state index is 12.5. The first-order valence-electron chi connectivity index (χ1n) is 6.74. The molecule has 4 heteroatoms. The Morgan fingerprint density at radius 1 is 1.11 bits per heavy atom. The Morgan fingerprint density at radius 3 is 2.47 bits per heavy atom. The molecule has 0 aromatic heterocycles. The van der Waals surface area contributed by atoms with Gasteiger partial charge in [0.2, 0.25) is 0 Å². The molecule has 1 heterocycles. The van der Waals surface area contributed by atoms with E-state index < -0.39 is 11.7 Å². The van der Waals surface area contributed by atoms with E-state index in [1.54, 1.807) is 12.1 Å². The van der Waals surface area contributed by atoms with E-state index in [0.29, 0.717) is 5.92 Å². The van der Waals surface area contributed by atoms with Crippen LogP contribution in [0.4, 0.5) is 13.2 Å². The van der Waals surface area contributed by atoms with Crippen molar-refractivity contribution >= 4 is 0 Å². The van der Waals surface area contributed by atoms with Crippen molar-refractivity contribution in [3.8, 4) is 0 Å². The molecule has 1 saturated heterocycles. The number of hydrogen-bond acceptors (Lipinski definition) is 1. The molecule has 1 nitrogen and oxygen atoms in total. The highest BCUT2D eigenvalue weighted by molar-refractivity contribution is 5.24. The molecular weight excluding hydrogens is 251 g/mol. The van der Waals surface area contributed by atoms with E-state index in [0.717, 1.165) is 31.1 Å². The Kier molecular flexibility index (Phi) is 3.29. The summed E-state index contributed by atoms with van der Waals surface area (Å²) in [7, 11) is 0. The van der Waals surface area contributed by atoms with E-state index in [4.69, 9.17) is 0 Å². The third-order valence-electron chi connectivity index (χ3n) is 4.26. The fourth-order valence-corrected chi connectivity index (χ4v) is 3.27. The number of likely N-dealkylation sites (tertiary alicyclic amines) is 1. The molecule has 2 fully saturated rings. The Morgan fingerprint density at radius 2 is 1.84 bits per heavy atom. The maximum Gasteiger partial charge on any atom is 0.416 e. The smallest absolute Gasteiger partial charge is 0.299 e. The maximum absolute atomic E-state index is 12.5. The molecule has 1 aromatic rings. The lowest BCUT2D eigenvalue weighted by Crippen LogP contribution is -2.21. The van der Waals surface area contributed by atoms with Crippen LogP contribution in [-0.4, -0.2) is 18.0 Å². The molecule has 1 aliphatic heterocycles. The van der Waals surface area contributed by atoms with Crippen LogP contribution in [0.1, 0.15) is 24.0 Å². The molecule has 19 heavy (non-hydrogen) atoms. The number of nitrogens with zero attached hydrogens (tertiary/aromatic N) is 1. The van der Waals surface area contributed by atoms with Crippen molar-refractivity contribution in [2.75, 3.05) is 13.1 Å². The van der Waals surface area contributed by atoms with Crippen molar-refractivity contribution in [3.63, 3.8) is 0 Å². The van der Waals surface area contributed by atoms with Crippen LogP contribution in [0.3, 0.4) is 0 Å². The van der Waals surface area contributed by atoms with Crippen LogP contribution in [-0.2, 0) is 12.7 Å². The standard InChI is InChI=1S/C15H17F3N/c16-15(17,18)14-6-4-11(5-7-14)8-19-9-12-2-1-3-13(12)10-19/h2,4-7,12-13H,1,3,8-10H2/t12-,13+/m0/s1. The largest absolute Gasteiger partial charge is 0.416 e. The minimum absolute atomic E-state index is 0.567. The Balaban J connectivity index is 1.62. The van der Waals surface area contributed by atoms with Crippen molar-refractivity contribution in [2.45, 2.75) is 25.6 Å². The molecule has 1 radical (unpaired) electrons. The van der Waals surface area contributed by atoms with Crippen LogP contribution in [0.25, 0.3) is 0 Å².